The summed E-state index contributed by atoms with van der Waals surface area (Å²) in [7, 11) is 0. The van der Waals surface area contributed by atoms with Gasteiger partial charge in [0, 0.05) is 57.0 Å². The maximum absolute atomic E-state index is 11.7. The number of hydrogen-bond donors (Lipinski definition) is 0. The van der Waals surface area contributed by atoms with E-state index in [1.54, 1.807) is 13.8 Å². The Labute approximate surface area is 359 Å². The van der Waals surface area contributed by atoms with Crippen LogP contribution in [0.2, 0.25) is 0 Å². The van der Waals surface area contributed by atoms with Crippen molar-refractivity contribution >= 4 is 23.9 Å². The molecule has 0 aromatic heterocycles. The van der Waals surface area contributed by atoms with E-state index in [1.165, 1.54) is 0 Å². The minimum atomic E-state index is -0.355. The highest BCUT2D eigenvalue weighted by Crippen LogP contribution is 2.17. The Hall–Kier alpha value is -3.98. The van der Waals surface area contributed by atoms with Crippen LogP contribution in [0.1, 0.15) is 118 Å². The fraction of sp³-hybridized carbons (Fsp3) is 0.696. The molecule has 0 aliphatic rings. The van der Waals surface area contributed by atoms with E-state index in [0.717, 1.165) is 102 Å². The maximum Gasteiger partial charge on any atom is 0.333 e. The second kappa shape index (κ2) is 41.7. The van der Waals surface area contributed by atoms with Gasteiger partial charge in [0.25, 0.3) is 0 Å². The van der Waals surface area contributed by atoms with E-state index in [-0.39, 0.29) is 30.5 Å². The van der Waals surface area contributed by atoms with Gasteiger partial charge in [0.2, 0.25) is 0 Å². The molecule has 0 amide bonds. The van der Waals surface area contributed by atoms with E-state index in [4.69, 9.17) is 47.4 Å². The quantitative estimate of drug-likeness (QED) is 0.0269. The monoisotopic (exact) mass is 853 g/mol. The molecule has 0 bridgehead atoms. The van der Waals surface area contributed by atoms with E-state index >= 15 is 0 Å². The lowest BCUT2D eigenvalue weighted by atomic mass is 10.1. The SMILES string of the molecule is C=C(C)C(=O)OCCCCCCC(=O)OCCOCCCCOCC.C=C(C)C(=O)OCCCCCCC(=O)OCCOCCCCOCCOc1ccc(OCC)cc1. The number of benzene rings is 1. The molecule has 1 aromatic carbocycles. The van der Waals surface area contributed by atoms with Crippen molar-refractivity contribution in [2.45, 2.75) is 118 Å². The van der Waals surface area contributed by atoms with Crippen molar-refractivity contribution in [3.63, 3.8) is 0 Å². The van der Waals surface area contributed by atoms with Crippen LogP contribution in [0.25, 0.3) is 0 Å². The van der Waals surface area contributed by atoms with E-state index in [1.807, 2.05) is 38.1 Å². The van der Waals surface area contributed by atoms with Crippen molar-refractivity contribution in [2.75, 3.05) is 92.5 Å². The standard InChI is InChI=1S/C27H42O8.C19H34O6/c1-4-32-24-12-14-25(15-13-24)33-21-19-30-16-9-10-17-31-20-22-34-26(28)11-7-5-6-8-18-35-27(29)23(2)3;1-4-22-12-9-10-13-23-15-16-24-18(20)11-7-5-6-8-14-25-19(21)17(2)3/h12-15H,2,4-11,16-22H2,1,3H3;2,4-16H2,1,3H3. The predicted octanol–water partition coefficient (Wildman–Crippen LogP) is 8.32. The zero-order valence-corrected chi connectivity index (χ0v) is 37.2. The van der Waals surface area contributed by atoms with Crippen molar-refractivity contribution in [1.29, 1.82) is 0 Å². The summed E-state index contributed by atoms with van der Waals surface area (Å²) in [5.41, 5.74) is 0.821. The molecule has 14 nitrogen and oxygen atoms in total. The number of hydrogen-bond acceptors (Lipinski definition) is 14. The summed E-state index contributed by atoms with van der Waals surface area (Å²) in [5.74, 6) is 0.536. The molecular weight excluding hydrogens is 776 g/mol. The van der Waals surface area contributed by atoms with E-state index in [9.17, 15) is 19.2 Å². The van der Waals surface area contributed by atoms with Crippen LogP contribution < -0.4 is 9.47 Å². The zero-order valence-electron chi connectivity index (χ0n) is 37.2. The Bertz CT molecular complexity index is 1250. The summed E-state index contributed by atoms with van der Waals surface area (Å²) in [6.45, 7) is 21.6. The number of ether oxygens (including phenoxy) is 10. The number of rotatable bonds is 39. The molecule has 0 radical (unpaired) electrons. The first-order valence-corrected chi connectivity index (χ1v) is 21.7. The Balaban J connectivity index is 0.00000123. The lowest BCUT2D eigenvalue weighted by molar-refractivity contribution is -0.146. The van der Waals surface area contributed by atoms with Crippen LogP contribution in [0.3, 0.4) is 0 Å². The first-order valence-electron chi connectivity index (χ1n) is 21.7. The topological polar surface area (TPSA) is 161 Å². The summed E-state index contributed by atoms with van der Waals surface area (Å²) in [6.07, 6.45) is 11.3. The highest BCUT2D eigenvalue weighted by Gasteiger charge is 2.06. The smallest absolute Gasteiger partial charge is 0.333 e. The molecular formula is C46H76O14. The van der Waals surface area contributed by atoms with Crippen molar-refractivity contribution in [3.05, 3.63) is 48.6 Å². The Kier molecular flexibility index (Phi) is 39.0. The fourth-order valence-corrected chi connectivity index (χ4v) is 4.88. The average molecular weight is 853 g/mol. The molecule has 0 atom stereocenters. The van der Waals surface area contributed by atoms with Crippen LogP contribution in [0.15, 0.2) is 48.6 Å². The first-order chi connectivity index (χ1) is 29.1. The molecule has 0 saturated carbocycles. The van der Waals surface area contributed by atoms with Gasteiger partial charge in [0.1, 0.15) is 31.3 Å². The number of carbonyl (C=O) groups excluding carboxylic acids is 4. The Morgan fingerprint density at radius 2 is 0.767 bits per heavy atom. The zero-order chi connectivity index (χ0) is 44.3. The Morgan fingerprint density at radius 3 is 1.17 bits per heavy atom. The molecule has 0 saturated heterocycles. The average Bonchev–Trinajstić information content (AvgIpc) is 3.23. The molecule has 0 spiro atoms. The van der Waals surface area contributed by atoms with Gasteiger partial charge in [-0.15, -0.1) is 0 Å². The maximum atomic E-state index is 11.7. The summed E-state index contributed by atoms with van der Waals surface area (Å²) in [5, 5.41) is 0. The summed E-state index contributed by atoms with van der Waals surface area (Å²) < 4.78 is 53.0. The van der Waals surface area contributed by atoms with Gasteiger partial charge in [0.05, 0.1) is 39.6 Å². The van der Waals surface area contributed by atoms with Gasteiger partial charge in [-0.2, -0.15) is 0 Å². The molecule has 0 aliphatic heterocycles. The largest absolute Gasteiger partial charge is 0.494 e. The van der Waals surface area contributed by atoms with Crippen LogP contribution in [0.5, 0.6) is 11.5 Å². The van der Waals surface area contributed by atoms with Crippen molar-refractivity contribution in [2.24, 2.45) is 0 Å². The third kappa shape index (κ3) is 38.2. The summed E-state index contributed by atoms with van der Waals surface area (Å²) >= 11 is 0. The van der Waals surface area contributed by atoms with Crippen LogP contribution in [-0.4, -0.2) is 116 Å². The number of unbranched alkanes of at least 4 members (excludes halogenated alkanes) is 8. The van der Waals surface area contributed by atoms with Crippen LogP contribution in [0, 0.1) is 0 Å². The third-order valence-corrected chi connectivity index (χ3v) is 8.19. The molecule has 0 aliphatic carbocycles. The van der Waals surface area contributed by atoms with Crippen molar-refractivity contribution in [1.82, 2.24) is 0 Å². The number of esters is 4. The first kappa shape index (κ1) is 56.0. The molecule has 1 aromatic rings. The van der Waals surface area contributed by atoms with Gasteiger partial charge >= 0.3 is 23.9 Å². The normalized spacial score (nSPS) is 10.5. The second-order valence-electron chi connectivity index (χ2n) is 13.8. The third-order valence-electron chi connectivity index (χ3n) is 8.19. The van der Waals surface area contributed by atoms with Crippen LogP contribution >= 0.6 is 0 Å². The summed E-state index contributed by atoms with van der Waals surface area (Å²) in [6, 6.07) is 7.54. The molecule has 60 heavy (non-hydrogen) atoms. The number of carbonyl (C=O) groups is 4. The predicted molar refractivity (Wildman–Crippen MR) is 230 cm³/mol. The fourth-order valence-electron chi connectivity index (χ4n) is 4.88. The van der Waals surface area contributed by atoms with Gasteiger partial charge in [-0.1, -0.05) is 38.8 Å². The molecule has 0 N–H and O–H groups in total. The van der Waals surface area contributed by atoms with E-state index < -0.39 is 0 Å². The lowest BCUT2D eigenvalue weighted by Gasteiger charge is -2.09. The van der Waals surface area contributed by atoms with Gasteiger partial charge in [0.15, 0.2) is 0 Å². The lowest BCUT2D eigenvalue weighted by Crippen LogP contribution is -2.11. The van der Waals surface area contributed by atoms with E-state index in [2.05, 4.69) is 13.2 Å². The minimum absolute atomic E-state index is 0.186. The minimum Gasteiger partial charge on any atom is -0.494 e. The summed E-state index contributed by atoms with van der Waals surface area (Å²) in [4.78, 5) is 45.6. The molecule has 14 heteroatoms. The molecule has 0 unspecified atom stereocenters. The van der Waals surface area contributed by atoms with Gasteiger partial charge in [-0.25, -0.2) is 9.59 Å². The second-order valence-corrected chi connectivity index (χ2v) is 13.8. The molecule has 0 fully saturated rings. The highest BCUT2D eigenvalue weighted by atomic mass is 16.6. The van der Waals surface area contributed by atoms with E-state index in [0.29, 0.717) is 96.7 Å². The van der Waals surface area contributed by atoms with Gasteiger partial charge in [-0.05, 0) is 103 Å². The van der Waals surface area contributed by atoms with Gasteiger partial charge in [-0.3, -0.25) is 9.59 Å². The van der Waals surface area contributed by atoms with Gasteiger partial charge < -0.3 is 47.4 Å². The molecule has 0 heterocycles. The van der Waals surface area contributed by atoms with Crippen LogP contribution in [-0.2, 0) is 57.1 Å². The molecule has 344 valence electrons. The van der Waals surface area contributed by atoms with Crippen molar-refractivity contribution in [3.8, 4) is 11.5 Å². The Morgan fingerprint density at radius 1 is 0.400 bits per heavy atom. The van der Waals surface area contributed by atoms with Crippen molar-refractivity contribution < 1.29 is 66.5 Å². The van der Waals surface area contributed by atoms with Crippen LogP contribution in [0.4, 0.5) is 0 Å². The molecule has 1 rings (SSSR count). The highest BCUT2D eigenvalue weighted by molar-refractivity contribution is 5.87.